The van der Waals surface area contributed by atoms with Crippen LogP contribution in [0.4, 0.5) is 0 Å². The number of esters is 1. The maximum Gasteiger partial charge on any atom is 0.334 e. The number of aliphatic hydroxyl groups is 2. The van der Waals surface area contributed by atoms with Crippen LogP contribution in [0.2, 0.25) is 0 Å². The van der Waals surface area contributed by atoms with Gasteiger partial charge in [-0.2, -0.15) is 0 Å². The Labute approximate surface area is 102 Å². The number of hydrogen-bond acceptors (Lipinski definition) is 4. The Kier molecular flexibility index (Phi) is 5.65. The molecule has 0 bridgehead atoms. The van der Waals surface area contributed by atoms with E-state index < -0.39 is 12.2 Å². The molecule has 1 rings (SSSR count). The van der Waals surface area contributed by atoms with E-state index in [0.29, 0.717) is 12.0 Å². The summed E-state index contributed by atoms with van der Waals surface area (Å²) in [6.45, 7) is 3.86. The smallest absolute Gasteiger partial charge is 0.334 e. The third kappa shape index (κ3) is 4.48. The van der Waals surface area contributed by atoms with Gasteiger partial charge in [-0.25, -0.2) is 4.79 Å². The second-order valence-electron chi connectivity index (χ2n) is 4.64. The maximum absolute atomic E-state index is 11.3. The Morgan fingerprint density at radius 2 is 2.06 bits per heavy atom. The van der Waals surface area contributed by atoms with E-state index in [1.807, 2.05) is 0 Å². The van der Waals surface area contributed by atoms with Crippen LogP contribution in [0, 0.1) is 0 Å². The van der Waals surface area contributed by atoms with Gasteiger partial charge in [-0.3, -0.25) is 0 Å². The number of carbonyl (C=O) groups is 1. The fourth-order valence-corrected chi connectivity index (χ4v) is 1.94. The van der Waals surface area contributed by atoms with Crippen LogP contribution in [0.5, 0.6) is 0 Å². The summed E-state index contributed by atoms with van der Waals surface area (Å²) in [6, 6.07) is 0. The molecule has 0 amide bonds. The molecule has 0 aromatic carbocycles. The molecule has 2 N–H and O–H groups in total. The summed E-state index contributed by atoms with van der Waals surface area (Å²) >= 11 is 0. The zero-order valence-corrected chi connectivity index (χ0v) is 10.6. The molecule has 1 aliphatic rings. The SMILES string of the molecule is CCCCC[C@H](O)[C@@H](O)CC1=C[C@H](C)OC1=O. The minimum atomic E-state index is -0.879. The first kappa shape index (κ1) is 14.2. The highest BCUT2D eigenvalue weighted by Gasteiger charge is 2.26. The molecule has 17 heavy (non-hydrogen) atoms. The van der Waals surface area contributed by atoms with E-state index in [9.17, 15) is 15.0 Å². The lowest BCUT2D eigenvalue weighted by atomic mass is 10.00. The number of hydrogen-bond donors (Lipinski definition) is 2. The van der Waals surface area contributed by atoms with Crippen LogP contribution < -0.4 is 0 Å². The van der Waals surface area contributed by atoms with Gasteiger partial charge < -0.3 is 14.9 Å². The van der Waals surface area contributed by atoms with Crippen LogP contribution in [0.1, 0.15) is 46.0 Å². The van der Waals surface area contributed by atoms with Gasteiger partial charge in [0.1, 0.15) is 6.10 Å². The van der Waals surface area contributed by atoms with Crippen LogP contribution >= 0.6 is 0 Å². The first-order chi connectivity index (χ1) is 8.04. The summed E-state index contributed by atoms with van der Waals surface area (Å²) in [5.41, 5.74) is 0.472. The maximum atomic E-state index is 11.3. The molecule has 1 heterocycles. The first-order valence-corrected chi connectivity index (χ1v) is 6.32. The van der Waals surface area contributed by atoms with E-state index in [0.717, 1.165) is 19.3 Å². The molecule has 0 fully saturated rings. The number of aliphatic hydroxyl groups excluding tert-OH is 2. The molecule has 1 aliphatic heterocycles. The molecule has 4 nitrogen and oxygen atoms in total. The summed E-state index contributed by atoms with van der Waals surface area (Å²) in [5, 5.41) is 19.5. The van der Waals surface area contributed by atoms with E-state index in [4.69, 9.17) is 4.74 Å². The molecule has 98 valence electrons. The van der Waals surface area contributed by atoms with Crippen LogP contribution in [0.25, 0.3) is 0 Å². The predicted octanol–water partition coefficient (Wildman–Crippen LogP) is 1.55. The van der Waals surface area contributed by atoms with E-state index in [2.05, 4.69) is 6.92 Å². The van der Waals surface area contributed by atoms with Gasteiger partial charge in [-0.05, 0) is 19.4 Å². The van der Waals surface area contributed by atoms with E-state index in [1.165, 1.54) is 0 Å². The largest absolute Gasteiger partial charge is 0.455 e. The fraction of sp³-hybridized carbons (Fsp3) is 0.769. The molecule has 0 unspecified atom stereocenters. The van der Waals surface area contributed by atoms with E-state index in [-0.39, 0.29) is 18.5 Å². The van der Waals surface area contributed by atoms with Gasteiger partial charge in [0, 0.05) is 12.0 Å². The second-order valence-corrected chi connectivity index (χ2v) is 4.64. The summed E-state index contributed by atoms with van der Waals surface area (Å²) in [5.74, 6) is -0.377. The Balaban J connectivity index is 2.35. The normalized spacial score (nSPS) is 23.2. The Morgan fingerprint density at radius 3 is 2.59 bits per heavy atom. The highest BCUT2D eigenvalue weighted by Crippen LogP contribution is 2.20. The van der Waals surface area contributed by atoms with Crippen molar-refractivity contribution in [2.75, 3.05) is 0 Å². The van der Waals surface area contributed by atoms with Crippen molar-refractivity contribution in [1.82, 2.24) is 0 Å². The standard InChI is InChI=1S/C13H22O4/c1-3-4-5-6-11(14)12(15)8-10-7-9(2)17-13(10)16/h7,9,11-12,14-15H,3-6,8H2,1-2H3/t9-,11-,12-/m0/s1. The summed E-state index contributed by atoms with van der Waals surface area (Å²) in [7, 11) is 0. The molecule has 3 atom stereocenters. The van der Waals surface area contributed by atoms with E-state index in [1.54, 1.807) is 13.0 Å². The number of unbranched alkanes of at least 4 members (excludes halogenated alkanes) is 2. The van der Waals surface area contributed by atoms with Gasteiger partial charge in [0.25, 0.3) is 0 Å². The van der Waals surface area contributed by atoms with Gasteiger partial charge in [-0.15, -0.1) is 0 Å². The first-order valence-electron chi connectivity index (χ1n) is 6.32. The molecule has 0 aromatic heterocycles. The second kappa shape index (κ2) is 6.77. The van der Waals surface area contributed by atoms with Crippen molar-refractivity contribution in [3.63, 3.8) is 0 Å². The van der Waals surface area contributed by atoms with Gasteiger partial charge in [-0.1, -0.05) is 26.2 Å². The predicted molar refractivity (Wildman–Crippen MR) is 64.4 cm³/mol. The van der Waals surface area contributed by atoms with Gasteiger partial charge in [0.05, 0.1) is 12.2 Å². The molecule has 0 aromatic rings. The quantitative estimate of drug-likeness (QED) is 0.525. The fourth-order valence-electron chi connectivity index (χ4n) is 1.94. The average molecular weight is 242 g/mol. The van der Waals surface area contributed by atoms with Crippen molar-refractivity contribution in [2.45, 2.75) is 64.3 Å². The van der Waals surface area contributed by atoms with Crippen LogP contribution in [0.3, 0.4) is 0 Å². The third-order valence-corrected chi connectivity index (χ3v) is 2.97. The van der Waals surface area contributed by atoms with Crippen LogP contribution in [-0.4, -0.2) is 34.5 Å². The van der Waals surface area contributed by atoms with Gasteiger partial charge in [0.15, 0.2) is 0 Å². The zero-order valence-electron chi connectivity index (χ0n) is 10.6. The summed E-state index contributed by atoms with van der Waals surface area (Å²) in [6.07, 6.45) is 3.62. The number of carbonyl (C=O) groups excluding carboxylic acids is 1. The summed E-state index contributed by atoms with van der Waals surface area (Å²) < 4.78 is 4.93. The van der Waals surface area contributed by atoms with Crippen molar-refractivity contribution in [3.8, 4) is 0 Å². The minimum Gasteiger partial charge on any atom is -0.455 e. The number of cyclic esters (lactones) is 1. The Bertz CT molecular complexity index is 285. The van der Waals surface area contributed by atoms with Crippen molar-refractivity contribution < 1.29 is 19.7 Å². The Hall–Kier alpha value is -0.870. The number of ether oxygens (including phenoxy) is 1. The minimum absolute atomic E-state index is 0.177. The monoisotopic (exact) mass is 242 g/mol. The van der Waals surface area contributed by atoms with Gasteiger partial charge in [0.2, 0.25) is 0 Å². The highest BCUT2D eigenvalue weighted by molar-refractivity contribution is 5.90. The Morgan fingerprint density at radius 1 is 1.35 bits per heavy atom. The molecular weight excluding hydrogens is 220 g/mol. The molecule has 4 heteroatoms. The topological polar surface area (TPSA) is 66.8 Å². The molecule has 0 radical (unpaired) electrons. The van der Waals surface area contributed by atoms with Crippen molar-refractivity contribution in [1.29, 1.82) is 0 Å². The average Bonchev–Trinajstić information content (AvgIpc) is 2.57. The molecular formula is C13H22O4. The summed E-state index contributed by atoms with van der Waals surface area (Å²) in [4.78, 5) is 11.3. The third-order valence-electron chi connectivity index (χ3n) is 2.97. The molecule has 0 aliphatic carbocycles. The van der Waals surface area contributed by atoms with Crippen molar-refractivity contribution in [3.05, 3.63) is 11.6 Å². The zero-order chi connectivity index (χ0) is 12.8. The van der Waals surface area contributed by atoms with Gasteiger partial charge >= 0.3 is 5.97 Å². The van der Waals surface area contributed by atoms with Crippen molar-refractivity contribution >= 4 is 5.97 Å². The lowest BCUT2D eigenvalue weighted by molar-refractivity contribution is -0.139. The lowest BCUT2D eigenvalue weighted by Gasteiger charge is -2.17. The van der Waals surface area contributed by atoms with E-state index >= 15 is 0 Å². The highest BCUT2D eigenvalue weighted by atomic mass is 16.5. The van der Waals surface area contributed by atoms with Crippen molar-refractivity contribution in [2.24, 2.45) is 0 Å². The van der Waals surface area contributed by atoms with Crippen LogP contribution in [-0.2, 0) is 9.53 Å². The molecule has 0 saturated heterocycles. The number of rotatable bonds is 7. The lowest BCUT2D eigenvalue weighted by Crippen LogP contribution is -2.27. The molecule has 0 saturated carbocycles. The molecule has 0 spiro atoms. The van der Waals surface area contributed by atoms with Crippen LogP contribution in [0.15, 0.2) is 11.6 Å².